The first kappa shape index (κ1) is 11.2. The van der Waals surface area contributed by atoms with Crippen LogP contribution in [0.3, 0.4) is 0 Å². The summed E-state index contributed by atoms with van der Waals surface area (Å²) in [6.07, 6.45) is 1.38. The fraction of sp³-hybridized carbons (Fsp3) is 0.800. The monoisotopic (exact) mass is 128 g/mol. The fourth-order valence-electron chi connectivity index (χ4n) is 0.276. The minimum absolute atomic E-state index is 0. The summed E-state index contributed by atoms with van der Waals surface area (Å²) in [5.41, 5.74) is 0. The molecule has 46 valence electrons. The van der Waals surface area contributed by atoms with Crippen LogP contribution < -0.4 is 0 Å². The van der Waals surface area contributed by atoms with Gasteiger partial charge in [0.15, 0.2) is 0 Å². The Morgan fingerprint density at radius 1 is 1.75 bits per heavy atom. The van der Waals surface area contributed by atoms with E-state index in [-0.39, 0.29) is 25.9 Å². The van der Waals surface area contributed by atoms with Gasteiger partial charge in [0.1, 0.15) is 6.29 Å². The Bertz CT molecular complexity index is 54.9. The van der Waals surface area contributed by atoms with Crippen molar-refractivity contribution >= 4 is 29.3 Å². The summed E-state index contributed by atoms with van der Waals surface area (Å²) in [6, 6.07) is 0. The molecule has 0 unspecified atom stereocenters. The smallest absolute Gasteiger partial charge is 1.00 e. The Kier molecular flexibility index (Phi) is 14.6. The molecule has 3 heteroatoms. The minimum atomic E-state index is 0. The van der Waals surface area contributed by atoms with Crippen LogP contribution in [-0.4, -0.2) is 42.6 Å². The molecule has 0 heterocycles. The van der Waals surface area contributed by atoms with Crippen molar-refractivity contribution in [3.05, 3.63) is 0 Å². The Morgan fingerprint density at radius 2 is 2.38 bits per heavy atom. The molecule has 0 rings (SSSR count). The molecule has 0 bridgehead atoms. The van der Waals surface area contributed by atoms with E-state index in [0.717, 1.165) is 6.29 Å². The second kappa shape index (κ2) is 10.4. The van der Waals surface area contributed by atoms with Crippen molar-refractivity contribution in [2.75, 3.05) is 13.2 Å². The predicted molar refractivity (Wildman–Crippen MR) is 35.2 cm³/mol. The Balaban J connectivity index is -0.0000000600. The molecule has 0 aliphatic rings. The van der Waals surface area contributed by atoms with E-state index in [4.69, 9.17) is 4.74 Å². The van der Waals surface area contributed by atoms with E-state index < -0.39 is 0 Å². The van der Waals surface area contributed by atoms with Crippen molar-refractivity contribution in [3.63, 3.8) is 0 Å². The van der Waals surface area contributed by atoms with Crippen molar-refractivity contribution in [1.82, 2.24) is 0 Å². The average Bonchev–Trinajstić information content (AvgIpc) is 1.69. The van der Waals surface area contributed by atoms with Gasteiger partial charge in [-0.1, -0.05) is 0 Å². The number of rotatable bonds is 4. The van der Waals surface area contributed by atoms with E-state index in [9.17, 15) is 4.79 Å². The third-order valence-electron chi connectivity index (χ3n) is 0.584. The van der Waals surface area contributed by atoms with Crippen molar-refractivity contribution in [1.29, 1.82) is 0 Å². The van der Waals surface area contributed by atoms with Gasteiger partial charge in [0.2, 0.25) is 0 Å². The zero-order chi connectivity index (χ0) is 5.54. The summed E-state index contributed by atoms with van der Waals surface area (Å²) >= 11 is 0. The second-order valence-electron chi connectivity index (χ2n) is 1.15. The number of ether oxygens (including phenoxy) is 1. The van der Waals surface area contributed by atoms with E-state index in [2.05, 4.69) is 0 Å². The van der Waals surface area contributed by atoms with Gasteiger partial charge >= 0.3 is 23.1 Å². The molecular formula is C5H12MgO2. The predicted octanol–water partition coefficient (Wildman–Crippen LogP) is 0.456. The standard InChI is InChI=1S/C5H10O2.Mg.2H/c1-2-7-5-3-4-6;;;/h4H,2-3,5H2,1H3;;;/q;+2;2*-1. The van der Waals surface area contributed by atoms with Crippen LogP contribution in [0.15, 0.2) is 0 Å². The third-order valence-corrected chi connectivity index (χ3v) is 0.584. The van der Waals surface area contributed by atoms with Gasteiger partial charge in [-0.2, -0.15) is 0 Å². The molecule has 0 N–H and O–H groups in total. The van der Waals surface area contributed by atoms with Gasteiger partial charge in [-0.3, -0.25) is 0 Å². The number of hydrogen-bond acceptors (Lipinski definition) is 2. The molecule has 0 spiro atoms. The Hall–Kier alpha value is 0.396. The molecule has 0 aromatic carbocycles. The van der Waals surface area contributed by atoms with Crippen LogP contribution in [0.25, 0.3) is 0 Å². The van der Waals surface area contributed by atoms with Gasteiger partial charge in [0.05, 0.1) is 6.61 Å². The van der Waals surface area contributed by atoms with Crippen molar-refractivity contribution in [2.45, 2.75) is 13.3 Å². The van der Waals surface area contributed by atoms with Crippen LogP contribution >= 0.6 is 0 Å². The normalized spacial score (nSPS) is 7.62. The summed E-state index contributed by atoms with van der Waals surface area (Å²) in [5.74, 6) is 0. The van der Waals surface area contributed by atoms with Gasteiger partial charge in [-0.05, 0) is 6.92 Å². The molecule has 0 radical (unpaired) electrons. The summed E-state index contributed by atoms with van der Waals surface area (Å²) in [7, 11) is 0. The zero-order valence-corrected chi connectivity index (χ0v) is 6.64. The molecule has 0 fully saturated rings. The molecule has 0 aromatic rings. The van der Waals surface area contributed by atoms with E-state index in [1.165, 1.54) is 0 Å². The minimum Gasteiger partial charge on any atom is -1.00 e. The first-order chi connectivity index (χ1) is 3.41. The van der Waals surface area contributed by atoms with Gasteiger partial charge in [-0.15, -0.1) is 0 Å². The van der Waals surface area contributed by atoms with Crippen LogP contribution in [0.2, 0.25) is 0 Å². The number of carbonyl (C=O) groups excluding carboxylic acids is 1. The van der Waals surface area contributed by atoms with E-state index in [1.54, 1.807) is 0 Å². The van der Waals surface area contributed by atoms with Gasteiger partial charge in [0, 0.05) is 13.0 Å². The molecule has 0 aliphatic carbocycles. The van der Waals surface area contributed by atoms with Gasteiger partial charge in [0.25, 0.3) is 0 Å². The number of hydrogen-bond donors (Lipinski definition) is 0. The van der Waals surface area contributed by atoms with Crippen molar-refractivity contribution < 1.29 is 12.4 Å². The number of carbonyl (C=O) groups is 1. The maximum atomic E-state index is 9.60. The summed E-state index contributed by atoms with van der Waals surface area (Å²) < 4.78 is 4.84. The first-order valence-corrected chi connectivity index (χ1v) is 2.43. The molecule has 0 aromatic heterocycles. The van der Waals surface area contributed by atoms with Crippen LogP contribution in [0.1, 0.15) is 16.2 Å². The Morgan fingerprint density at radius 3 is 2.75 bits per heavy atom. The maximum Gasteiger partial charge on any atom is 2.00 e. The number of aldehydes is 1. The molecule has 0 amide bonds. The molecular weight excluding hydrogens is 116 g/mol. The van der Waals surface area contributed by atoms with E-state index >= 15 is 0 Å². The quantitative estimate of drug-likeness (QED) is 0.312. The van der Waals surface area contributed by atoms with E-state index in [0.29, 0.717) is 19.6 Å². The Labute approximate surface area is 68.7 Å². The maximum absolute atomic E-state index is 9.60. The first-order valence-electron chi connectivity index (χ1n) is 2.43. The van der Waals surface area contributed by atoms with E-state index in [1.807, 2.05) is 6.92 Å². The van der Waals surface area contributed by atoms with Crippen LogP contribution in [-0.2, 0) is 9.53 Å². The fourth-order valence-corrected chi connectivity index (χ4v) is 0.276. The van der Waals surface area contributed by atoms with Crippen LogP contribution in [0, 0.1) is 0 Å². The third kappa shape index (κ3) is 9.64. The van der Waals surface area contributed by atoms with Crippen LogP contribution in [0.4, 0.5) is 0 Å². The largest absolute Gasteiger partial charge is 2.00 e. The molecule has 8 heavy (non-hydrogen) atoms. The van der Waals surface area contributed by atoms with Gasteiger partial charge < -0.3 is 12.4 Å². The summed E-state index contributed by atoms with van der Waals surface area (Å²) in [4.78, 5) is 9.60. The molecule has 0 aliphatic heterocycles. The SMILES string of the molecule is CCOCCC=O.[H-].[H-].[Mg+2]. The van der Waals surface area contributed by atoms with Crippen LogP contribution in [0.5, 0.6) is 0 Å². The average molecular weight is 128 g/mol. The van der Waals surface area contributed by atoms with Crippen molar-refractivity contribution in [2.24, 2.45) is 0 Å². The van der Waals surface area contributed by atoms with Gasteiger partial charge in [-0.25, -0.2) is 0 Å². The summed E-state index contributed by atoms with van der Waals surface area (Å²) in [6.45, 7) is 3.18. The molecule has 0 saturated heterocycles. The second-order valence-corrected chi connectivity index (χ2v) is 1.15. The zero-order valence-electron chi connectivity index (χ0n) is 7.22. The van der Waals surface area contributed by atoms with Crippen molar-refractivity contribution in [3.8, 4) is 0 Å². The molecule has 0 saturated carbocycles. The summed E-state index contributed by atoms with van der Waals surface area (Å²) in [5, 5.41) is 0. The molecule has 0 atom stereocenters. The topological polar surface area (TPSA) is 26.3 Å². The molecule has 2 nitrogen and oxygen atoms in total.